The van der Waals surface area contributed by atoms with Gasteiger partial charge in [-0.3, -0.25) is 5.43 Å². The van der Waals surface area contributed by atoms with Crippen LogP contribution in [-0.2, 0) is 0 Å². The van der Waals surface area contributed by atoms with Gasteiger partial charge < -0.3 is 0 Å². The number of hydrogen-bond acceptors (Lipinski definition) is 2. The summed E-state index contributed by atoms with van der Waals surface area (Å²) in [7, 11) is 0. The van der Waals surface area contributed by atoms with E-state index >= 15 is 0 Å². The van der Waals surface area contributed by atoms with Gasteiger partial charge in [0.15, 0.2) is 0 Å². The van der Waals surface area contributed by atoms with Crippen molar-refractivity contribution in [1.82, 2.24) is 10.4 Å². The maximum absolute atomic E-state index is 3.74. The molecule has 0 bridgehead atoms. The Bertz CT molecular complexity index is 124. The second-order valence-corrected chi connectivity index (χ2v) is 4.05. The van der Waals surface area contributed by atoms with Gasteiger partial charge in [-0.25, -0.2) is 5.01 Å². The smallest absolute Gasteiger partial charge is 0.0280 e. The highest BCUT2D eigenvalue weighted by Gasteiger charge is 2.01. The molecule has 0 atom stereocenters. The third kappa shape index (κ3) is 9.95. The first kappa shape index (κ1) is 14.7. The maximum atomic E-state index is 3.74. The van der Waals surface area contributed by atoms with E-state index in [4.69, 9.17) is 0 Å². The Labute approximate surface area is 95.7 Å². The lowest BCUT2D eigenvalue weighted by atomic mass is 10.2. The second-order valence-electron chi connectivity index (χ2n) is 4.05. The van der Waals surface area contributed by atoms with Crippen LogP contribution in [0.3, 0.4) is 0 Å². The number of rotatable bonds is 11. The van der Waals surface area contributed by atoms with E-state index in [1.54, 1.807) is 0 Å². The van der Waals surface area contributed by atoms with Gasteiger partial charge in [0.2, 0.25) is 0 Å². The zero-order valence-electron chi connectivity index (χ0n) is 10.6. The van der Waals surface area contributed by atoms with Crippen molar-refractivity contribution in [3.63, 3.8) is 0 Å². The van der Waals surface area contributed by atoms with Crippen LogP contribution in [0.5, 0.6) is 0 Å². The van der Waals surface area contributed by atoms with Crippen LogP contribution in [0, 0.1) is 0 Å². The molecular formula is C13H28N2. The summed E-state index contributed by atoms with van der Waals surface area (Å²) in [6.45, 7) is 11.5. The van der Waals surface area contributed by atoms with Gasteiger partial charge in [-0.1, -0.05) is 45.6 Å². The molecule has 2 heteroatoms. The fourth-order valence-corrected chi connectivity index (χ4v) is 1.57. The third-order valence-electron chi connectivity index (χ3n) is 2.52. The summed E-state index contributed by atoms with van der Waals surface area (Å²) in [6.07, 6.45) is 9.78. The Morgan fingerprint density at radius 3 is 1.93 bits per heavy atom. The number of nitrogens with zero attached hydrogens (tertiary/aromatic N) is 1. The molecule has 0 unspecified atom stereocenters. The van der Waals surface area contributed by atoms with Crippen LogP contribution >= 0.6 is 0 Å². The lowest BCUT2D eigenvalue weighted by Crippen LogP contribution is -2.39. The van der Waals surface area contributed by atoms with Crippen LogP contribution in [0.4, 0.5) is 0 Å². The van der Waals surface area contributed by atoms with E-state index in [9.17, 15) is 0 Å². The summed E-state index contributed by atoms with van der Waals surface area (Å²) in [5.41, 5.74) is 3.40. The molecule has 1 N–H and O–H groups in total. The highest BCUT2D eigenvalue weighted by Crippen LogP contribution is 2.00. The fraction of sp³-hybridized carbons (Fsp3) is 0.846. The summed E-state index contributed by atoms with van der Waals surface area (Å²) >= 11 is 0. The molecule has 0 radical (unpaired) electrons. The molecule has 0 aromatic rings. The Morgan fingerprint density at radius 2 is 1.53 bits per heavy atom. The Kier molecular flexibility index (Phi) is 11.5. The normalized spacial score (nSPS) is 10.9. The van der Waals surface area contributed by atoms with Gasteiger partial charge in [0.25, 0.3) is 0 Å². The van der Waals surface area contributed by atoms with Gasteiger partial charge in [0, 0.05) is 19.6 Å². The fourth-order valence-electron chi connectivity index (χ4n) is 1.57. The van der Waals surface area contributed by atoms with Gasteiger partial charge >= 0.3 is 0 Å². The molecule has 0 aliphatic heterocycles. The molecule has 0 aromatic heterocycles. The molecule has 2 nitrogen and oxygen atoms in total. The molecule has 0 amide bonds. The van der Waals surface area contributed by atoms with Crippen molar-refractivity contribution in [3.8, 4) is 0 Å². The van der Waals surface area contributed by atoms with Gasteiger partial charge in [-0.05, 0) is 12.8 Å². The summed E-state index contributed by atoms with van der Waals surface area (Å²) in [6, 6.07) is 0. The monoisotopic (exact) mass is 212 g/mol. The van der Waals surface area contributed by atoms with E-state index in [1.807, 2.05) is 6.08 Å². The van der Waals surface area contributed by atoms with Crippen LogP contribution in [0.1, 0.15) is 52.4 Å². The first-order chi connectivity index (χ1) is 7.35. The second kappa shape index (κ2) is 11.7. The average molecular weight is 212 g/mol. The molecule has 90 valence electrons. The predicted molar refractivity (Wildman–Crippen MR) is 68.8 cm³/mol. The number of unbranched alkanes of at least 4 members (excludes halogenated alkanes) is 4. The lowest BCUT2D eigenvalue weighted by Gasteiger charge is -2.22. The standard InChI is InChI=1S/C13H28N2/c1-4-7-9-12-15(14-11-6-3)13-10-8-5-2/h6,14H,3-5,7-13H2,1-2H3. The quantitative estimate of drug-likeness (QED) is 0.321. The lowest BCUT2D eigenvalue weighted by molar-refractivity contribution is 0.189. The van der Waals surface area contributed by atoms with Crippen molar-refractivity contribution in [2.24, 2.45) is 0 Å². The average Bonchev–Trinajstić information content (AvgIpc) is 2.25. The van der Waals surface area contributed by atoms with Gasteiger partial charge in [0.1, 0.15) is 0 Å². The summed E-state index contributed by atoms with van der Waals surface area (Å²) in [5, 5.41) is 2.35. The van der Waals surface area contributed by atoms with Gasteiger partial charge in [-0.2, -0.15) is 0 Å². The molecule has 0 fully saturated rings. The predicted octanol–water partition coefficient (Wildman–Crippen LogP) is 3.36. The molecule has 0 heterocycles. The molecule has 0 saturated carbocycles. The Balaban J connectivity index is 3.57. The minimum absolute atomic E-state index is 0.887. The van der Waals surface area contributed by atoms with E-state index < -0.39 is 0 Å². The van der Waals surface area contributed by atoms with Crippen LogP contribution in [0.15, 0.2) is 12.7 Å². The van der Waals surface area contributed by atoms with Crippen molar-refractivity contribution in [1.29, 1.82) is 0 Å². The van der Waals surface area contributed by atoms with Crippen molar-refractivity contribution >= 4 is 0 Å². The molecule has 0 spiro atoms. The molecule has 0 aliphatic carbocycles. The third-order valence-corrected chi connectivity index (χ3v) is 2.52. The SMILES string of the molecule is C=CCNN(CCCCC)CCCCC. The minimum atomic E-state index is 0.887. The number of hydrazine groups is 1. The molecular weight excluding hydrogens is 184 g/mol. The zero-order valence-corrected chi connectivity index (χ0v) is 10.6. The molecule has 0 saturated heterocycles. The summed E-state index contributed by atoms with van der Waals surface area (Å²) in [5.74, 6) is 0. The van der Waals surface area contributed by atoms with Crippen molar-refractivity contribution in [2.45, 2.75) is 52.4 Å². The molecule has 0 rings (SSSR count). The van der Waals surface area contributed by atoms with Crippen LogP contribution < -0.4 is 5.43 Å². The minimum Gasteiger partial charge on any atom is -0.251 e. The molecule has 0 aromatic carbocycles. The summed E-state index contributed by atoms with van der Waals surface area (Å²) < 4.78 is 0. The van der Waals surface area contributed by atoms with Crippen molar-refractivity contribution in [2.75, 3.05) is 19.6 Å². The first-order valence-electron chi connectivity index (χ1n) is 6.44. The van der Waals surface area contributed by atoms with Gasteiger partial charge in [0.05, 0.1) is 0 Å². The Hall–Kier alpha value is -0.340. The van der Waals surface area contributed by atoms with E-state index in [-0.39, 0.29) is 0 Å². The topological polar surface area (TPSA) is 15.3 Å². The van der Waals surface area contributed by atoms with E-state index in [0.717, 1.165) is 6.54 Å². The van der Waals surface area contributed by atoms with E-state index in [0.29, 0.717) is 0 Å². The summed E-state index contributed by atoms with van der Waals surface area (Å²) in [4.78, 5) is 0. The molecule has 0 aliphatic rings. The Morgan fingerprint density at radius 1 is 1.00 bits per heavy atom. The van der Waals surface area contributed by atoms with E-state index in [1.165, 1.54) is 51.6 Å². The largest absolute Gasteiger partial charge is 0.251 e. The van der Waals surface area contributed by atoms with Crippen LogP contribution in [-0.4, -0.2) is 24.6 Å². The maximum Gasteiger partial charge on any atom is 0.0280 e. The number of hydrogen-bond donors (Lipinski definition) is 1. The highest BCUT2D eigenvalue weighted by molar-refractivity contribution is 4.69. The van der Waals surface area contributed by atoms with Crippen molar-refractivity contribution < 1.29 is 0 Å². The highest BCUT2D eigenvalue weighted by atomic mass is 15.5. The zero-order chi connectivity index (χ0) is 11.4. The van der Waals surface area contributed by atoms with Crippen LogP contribution in [0.25, 0.3) is 0 Å². The first-order valence-corrected chi connectivity index (χ1v) is 6.44. The molecule has 15 heavy (non-hydrogen) atoms. The van der Waals surface area contributed by atoms with Gasteiger partial charge in [-0.15, -0.1) is 6.58 Å². The van der Waals surface area contributed by atoms with Crippen LogP contribution in [0.2, 0.25) is 0 Å². The van der Waals surface area contributed by atoms with Crippen molar-refractivity contribution in [3.05, 3.63) is 12.7 Å². The van der Waals surface area contributed by atoms with E-state index in [2.05, 4.69) is 30.9 Å². The number of nitrogens with one attached hydrogen (secondary N) is 1.